The number of aromatic nitrogens is 16. The third-order valence-corrected chi connectivity index (χ3v) is 23.6. The van der Waals surface area contributed by atoms with E-state index in [0.29, 0.717) is 61.5 Å². The molecule has 0 aliphatic heterocycles. The summed E-state index contributed by atoms with van der Waals surface area (Å²) in [5, 5.41) is 71.0. The Morgan fingerprint density at radius 3 is 1.28 bits per heavy atom. The van der Waals surface area contributed by atoms with E-state index >= 15 is 0 Å². The smallest absolute Gasteiger partial charge is 0.341 e. The molecule has 4 N–H and O–H groups in total. The number of carboxylic acid groups (broad SMARTS) is 1. The van der Waals surface area contributed by atoms with Crippen molar-refractivity contribution in [1.29, 1.82) is 0 Å². The number of hydrogen-bond donors (Lipinski definition) is 3. The van der Waals surface area contributed by atoms with Gasteiger partial charge in [-0.25, -0.2) is 47.2 Å². The van der Waals surface area contributed by atoms with Crippen molar-refractivity contribution in [2.24, 2.45) is 0 Å². The summed E-state index contributed by atoms with van der Waals surface area (Å²) in [6.07, 6.45) is 17.6. The molecular formula is C62H102ClN21O14Si5. The van der Waals surface area contributed by atoms with Crippen molar-refractivity contribution in [1.82, 2.24) is 78.1 Å². The Bertz CT molecular complexity index is 4060. The van der Waals surface area contributed by atoms with Gasteiger partial charge in [-0.3, -0.25) is 35.1 Å². The number of rotatable bonds is 31. The first-order valence-electron chi connectivity index (χ1n) is 33.0. The topological polar surface area (TPSA) is 417 Å². The molecule has 0 aromatic carbocycles. The van der Waals surface area contributed by atoms with Gasteiger partial charge in [-0.05, 0) is 63.1 Å². The number of anilines is 2. The number of ether oxygens (including phenoxy) is 5. The lowest BCUT2D eigenvalue weighted by atomic mass is 10.3. The predicted octanol–water partition coefficient (Wildman–Crippen LogP) is 12.6. The van der Waals surface area contributed by atoms with E-state index in [2.05, 4.69) is 149 Å². The van der Waals surface area contributed by atoms with Crippen LogP contribution < -0.4 is 11.1 Å². The van der Waals surface area contributed by atoms with Crippen molar-refractivity contribution in [3.63, 3.8) is 0 Å². The van der Waals surface area contributed by atoms with Gasteiger partial charge in [0.05, 0.1) is 62.3 Å². The number of nitrogens with two attached hydrogens (primary N) is 1. The van der Waals surface area contributed by atoms with Crippen molar-refractivity contribution in [3.8, 4) is 0 Å². The van der Waals surface area contributed by atoms with Gasteiger partial charge in [0.1, 0.15) is 75.3 Å². The average molecular weight is 1540 g/mol. The summed E-state index contributed by atoms with van der Waals surface area (Å²) in [7, 11) is -5.36. The van der Waals surface area contributed by atoms with Crippen LogP contribution in [0.15, 0.2) is 86.5 Å². The van der Waals surface area contributed by atoms with Crippen LogP contribution in [-0.2, 0) is 57.3 Å². The molecule has 35 nitrogen and oxygen atoms in total. The second kappa shape index (κ2) is 40.5. The summed E-state index contributed by atoms with van der Waals surface area (Å²) in [4.78, 5) is 61.3. The Kier molecular flexibility index (Phi) is 34.1. The van der Waals surface area contributed by atoms with Crippen LogP contribution in [0.25, 0.3) is 11.3 Å². The monoisotopic (exact) mass is 1540 g/mol. The summed E-state index contributed by atoms with van der Waals surface area (Å²) in [5.41, 5.74) is 10.7. The molecule has 9 rings (SSSR count). The lowest BCUT2D eigenvalue weighted by Crippen LogP contribution is -2.22. The van der Waals surface area contributed by atoms with Crippen molar-refractivity contribution in [2.75, 3.05) is 44.1 Å². The molecule has 9 aromatic heterocycles. The molecular weight excluding hydrogens is 1440 g/mol. The van der Waals surface area contributed by atoms with Crippen LogP contribution in [-0.4, -0.2) is 183 Å². The highest BCUT2D eigenvalue weighted by molar-refractivity contribution is 6.77. The number of nitrogens with zero attached hydrogens (tertiary/aromatic N) is 19. The van der Waals surface area contributed by atoms with Crippen LogP contribution in [0.2, 0.25) is 134 Å². The van der Waals surface area contributed by atoms with E-state index in [0.717, 1.165) is 60.7 Å². The van der Waals surface area contributed by atoms with Crippen LogP contribution in [0.5, 0.6) is 0 Å². The molecule has 0 unspecified atom stereocenters. The van der Waals surface area contributed by atoms with E-state index in [1.165, 1.54) is 61.8 Å². The fraction of sp³-hybridized carbons (Fsp3) is 0.532. The third-order valence-electron chi connectivity index (χ3n) is 14.6. The summed E-state index contributed by atoms with van der Waals surface area (Å²) >= 11 is 5.78. The van der Waals surface area contributed by atoms with Crippen LogP contribution in [0, 0.1) is 51.1 Å². The largest absolute Gasteiger partial charge is 0.477 e. The molecule has 0 atom stereocenters. The standard InChI is InChI=1S/C17H24N6O2Si.C10H19N3O3Si.C10H21N3OSi.C9H16ClN3O3Si.C9H17N3O3Si.C7H5N3O2/c1-13-15(11-20-23(13)12-25-8-9-26(2,3)4)21-17(24)14-10-19-22-7-5-6-18-16(14)22;1-9-10(13(14)15)7-11-12(9)8-16-5-6-17(2,3)4;1-9-10(11)7-12-13(9)8-14-5-6-15(2,3)4;1-17(2,3)5-4-16-7-12-9(10)8(6-11-12)13(14)15;1-16(2,3)5-4-15-8-11-7-9(6-10-11)12(13)14;11-7(12)5-4-9-10-3-1-2-8-6(5)10/h5-7,10-11H,8-9,12H2,1-4H3,(H,21,24);7H,5-6,8H2,1-4H3;7H,5-6,8,11H2,1-4H3;6H,4-5,7H2,1-3H3;6-7H,4-5,8H2,1-3H3;1-4H,(H,11,12). The number of carbonyl (C=O) groups excluding carboxylic acids is 1. The van der Waals surface area contributed by atoms with Crippen LogP contribution in [0.4, 0.5) is 28.4 Å². The minimum absolute atomic E-state index is 0.00278. The number of aromatic carboxylic acids is 1. The van der Waals surface area contributed by atoms with Crippen molar-refractivity contribution < 1.29 is 53.1 Å². The maximum absolute atomic E-state index is 12.6. The second-order valence-corrected chi connectivity index (χ2v) is 58.1. The first-order chi connectivity index (χ1) is 48.0. The van der Waals surface area contributed by atoms with Gasteiger partial charge in [0.2, 0.25) is 5.15 Å². The molecule has 9 aromatic rings. The van der Waals surface area contributed by atoms with Crippen LogP contribution >= 0.6 is 11.6 Å². The molecule has 103 heavy (non-hydrogen) atoms. The number of amides is 1. The third kappa shape index (κ3) is 31.9. The molecule has 0 radical (unpaired) electrons. The Morgan fingerprint density at radius 2 is 0.883 bits per heavy atom. The number of hydrogen-bond acceptors (Lipinski definition) is 23. The van der Waals surface area contributed by atoms with E-state index in [4.69, 9.17) is 46.1 Å². The Hall–Kier alpha value is -8.60. The fourth-order valence-corrected chi connectivity index (χ4v) is 11.9. The fourth-order valence-electron chi connectivity index (χ4n) is 7.94. The predicted molar refractivity (Wildman–Crippen MR) is 406 cm³/mol. The normalized spacial score (nSPS) is 11.6. The van der Waals surface area contributed by atoms with Gasteiger partial charge < -0.3 is 39.8 Å². The number of carbonyl (C=O) groups is 2. The zero-order valence-electron chi connectivity index (χ0n) is 62.4. The maximum Gasteiger partial charge on any atom is 0.341 e. The molecule has 1 amide bonds. The van der Waals surface area contributed by atoms with E-state index in [1.54, 1.807) is 63.9 Å². The lowest BCUT2D eigenvalue weighted by molar-refractivity contribution is -0.385. The lowest BCUT2D eigenvalue weighted by Gasteiger charge is -2.15. The molecule has 0 bridgehead atoms. The van der Waals surface area contributed by atoms with E-state index in [-0.39, 0.29) is 53.9 Å². The first kappa shape index (κ1) is 86.8. The molecule has 0 aliphatic carbocycles. The van der Waals surface area contributed by atoms with E-state index in [1.807, 2.05) is 13.8 Å². The summed E-state index contributed by atoms with van der Waals surface area (Å²) in [6, 6.07) is 8.94. The van der Waals surface area contributed by atoms with Gasteiger partial charge in [-0.2, -0.15) is 35.7 Å². The molecule has 0 saturated carbocycles. The van der Waals surface area contributed by atoms with E-state index in [9.17, 15) is 39.9 Å². The van der Waals surface area contributed by atoms with Crippen molar-refractivity contribution >= 4 is 104 Å². The number of nitrogen functional groups attached to an aromatic ring is 1. The van der Waals surface area contributed by atoms with Gasteiger partial charge in [0, 0.05) is 98.2 Å². The van der Waals surface area contributed by atoms with Gasteiger partial charge in [-0.15, -0.1) is 0 Å². The highest BCUT2D eigenvalue weighted by Crippen LogP contribution is 2.24. The minimum atomic E-state index is -1.12. The SMILES string of the molecule is C[Si](C)(C)CCOCn1cc([N+](=O)[O-])cn1.C[Si](C)(C)CCOCn1ncc([N+](=O)[O-])c1Cl.Cc1c(N)cnn1COCC[Si](C)(C)C.Cc1c(NC(=O)c2cnn3cccnc23)cnn1COCC[Si](C)(C)C.Cc1c([N+](=O)[O-])cnn1COCC[Si](C)(C)C.O=C(O)c1cnn2cccnc12. The van der Waals surface area contributed by atoms with Gasteiger partial charge in [0.25, 0.3) is 5.91 Å². The highest BCUT2D eigenvalue weighted by Gasteiger charge is 2.22. The van der Waals surface area contributed by atoms with E-state index < -0.39 is 61.1 Å². The van der Waals surface area contributed by atoms with Gasteiger partial charge >= 0.3 is 23.0 Å². The van der Waals surface area contributed by atoms with Crippen LogP contribution in [0.1, 0.15) is 37.8 Å². The zero-order chi connectivity index (χ0) is 77.0. The molecule has 0 spiro atoms. The Labute approximate surface area is 608 Å². The Morgan fingerprint density at radius 1 is 0.495 bits per heavy atom. The van der Waals surface area contributed by atoms with Gasteiger partial charge in [0.15, 0.2) is 11.3 Å². The number of carboxylic acids is 1. The number of halogens is 1. The molecule has 9 heterocycles. The molecule has 566 valence electrons. The summed E-state index contributed by atoms with van der Waals surface area (Å²) in [6.45, 7) is 45.0. The molecule has 0 aliphatic rings. The minimum Gasteiger partial charge on any atom is -0.477 e. The summed E-state index contributed by atoms with van der Waals surface area (Å²) in [5.74, 6) is -1.27. The van der Waals surface area contributed by atoms with Gasteiger partial charge in [-0.1, -0.05) is 110 Å². The van der Waals surface area contributed by atoms with Crippen molar-refractivity contribution in [2.45, 2.75) is 183 Å². The first-order valence-corrected chi connectivity index (χ1v) is 52.0. The molecule has 41 heteroatoms. The average Bonchev–Trinajstić information content (AvgIpc) is 1.68. The second-order valence-electron chi connectivity index (χ2n) is 29.7. The number of nitrogens with one attached hydrogen (secondary N) is 1. The summed E-state index contributed by atoms with van der Waals surface area (Å²) < 4.78 is 38.3. The quantitative estimate of drug-likeness (QED) is 0.0157. The number of nitro groups is 3. The van der Waals surface area contributed by atoms with Crippen LogP contribution in [0.3, 0.4) is 0 Å². The zero-order valence-corrected chi connectivity index (χ0v) is 68.2. The number of fused-ring (bicyclic) bond motifs is 2. The maximum atomic E-state index is 12.6. The molecule has 0 fully saturated rings. The highest BCUT2D eigenvalue weighted by atomic mass is 35.5. The Balaban J connectivity index is 0.000000266. The van der Waals surface area contributed by atoms with Crippen molar-refractivity contribution in [3.05, 3.63) is 150 Å². The molecule has 0 saturated heterocycles.